The van der Waals surface area contributed by atoms with Crippen LogP contribution in [0.15, 0.2) is 17.0 Å². The van der Waals surface area contributed by atoms with Crippen LogP contribution in [0.25, 0.3) is 0 Å². The Labute approximate surface area is 87.5 Å². The van der Waals surface area contributed by atoms with Crippen molar-refractivity contribution in [2.75, 3.05) is 6.26 Å². The molecule has 0 unspecified atom stereocenters. The third kappa shape index (κ3) is 2.38. The van der Waals surface area contributed by atoms with Crippen LogP contribution in [0.2, 0.25) is 5.02 Å². The predicted octanol–water partition coefficient (Wildman–Crippen LogP) is 4.32. The van der Waals surface area contributed by atoms with Gasteiger partial charge in [0, 0.05) is 4.90 Å². The Morgan fingerprint density at radius 3 is 2.46 bits per heavy atom. The van der Waals surface area contributed by atoms with E-state index in [-0.39, 0.29) is 10.8 Å². The van der Waals surface area contributed by atoms with Gasteiger partial charge in [-0.1, -0.05) is 25.4 Å². The summed E-state index contributed by atoms with van der Waals surface area (Å²) < 4.78 is 13.3. The van der Waals surface area contributed by atoms with E-state index in [1.54, 1.807) is 6.07 Å². The molecule has 0 fully saturated rings. The lowest BCUT2D eigenvalue weighted by Gasteiger charge is -2.09. The van der Waals surface area contributed by atoms with Crippen LogP contribution < -0.4 is 0 Å². The monoisotopic (exact) mass is 218 g/mol. The molecule has 0 N–H and O–H groups in total. The molecule has 0 spiro atoms. The SMILES string of the molecule is CSc1cc(C(C)C)cc(Cl)c1F. The average molecular weight is 219 g/mol. The second-order valence-corrected chi connectivity index (χ2v) is 4.43. The lowest BCUT2D eigenvalue weighted by Crippen LogP contribution is -1.91. The molecule has 0 heterocycles. The highest BCUT2D eigenvalue weighted by Crippen LogP contribution is 2.30. The Balaban J connectivity index is 3.22. The number of halogens is 2. The van der Waals surface area contributed by atoms with Crippen LogP contribution in [0.5, 0.6) is 0 Å². The minimum absolute atomic E-state index is 0.218. The van der Waals surface area contributed by atoms with Gasteiger partial charge in [-0.05, 0) is 29.9 Å². The topological polar surface area (TPSA) is 0 Å². The summed E-state index contributed by atoms with van der Waals surface area (Å²) in [6.07, 6.45) is 1.85. The first-order valence-electron chi connectivity index (χ1n) is 4.09. The number of benzene rings is 1. The number of rotatable bonds is 2. The van der Waals surface area contributed by atoms with Crippen molar-refractivity contribution in [1.82, 2.24) is 0 Å². The van der Waals surface area contributed by atoms with Gasteiger partial charge in [0.15, 0.2) is 5.82 Å². The van der Waals surface area contributed by atoms with E-state index in [2.05, 4.69) is 13.8 Å². The predicted molar refractivity (Wildman–Crippen MR) is 57.3 cm³/mol. The van der Waals surface area contributed by atoms with Gasteiger partial charge in [0.2, 0.25) is 0 Å². The van der Waals surface area contributed by atoms with Crippen LogP contribution in [0.1, 0.15) is 25.3 Å². The highest BCUT2D eigenvalue weighted by atomic mass is 35.5. The molecule has 13 heavy (non-hydrogen) atoms. The van der Waals surface area contributed by atoms with Crippen molar-refractivity contribution in [1.29, 1.82) is 0 Å². The molecule has 0 saturated carbocycles. The van der Waals surface area contributed by atoms with Gasteiger partial charge in [-0.3, -0.25) is 0 Å². The zero-order chi connectivity index (χ0) is 10.0. The number of hydrogen-bond donors (Lipinski definition) is 0. The Morgan fingerprint density at radius 2 is 2.00 bits per heavy atom. The van der Waals surface area contributed by atoms with Crippen LogP contribution in [-0.2, 0) is 0 Å². The zero-order valence-electron chi connectivity index (χ0n) is 7.90. The zero-order valence-corrected chi connectivity index (χ0v) is 9.47. The van der Waals surface area contributed by atoms with Gasteiger partial charge in [-0.25, -0.2) is 4.39 Å². The van der Waals surface area contributed by atoms with Gasteiger partial charge in [0.05, 0.1) is 5.02 Å². The molecule has 1 rings (SSSR count). The van der Waals surface area contributed by atoms with Crippen molar-refractivity contribution < 1.29 is 4.39 Å². The van der Waals surface area contributed by atoms with Gasteiger partial charge in [-0.2, -0.15) is 0 Å². The van der Waals surface area contributed by atoms with E-state index in [9.17, 15) is 4.39 Å². The van der Waals surface area contributed by atoms with Crippen LogP contribution >= 0.6 is 23.4 Å². The molecule has 0 atom stereocenters. The second kappa shape index (κ2) is 4.34. The molecule has 0 aliphatic heterocycles. The Morgan fingerprint density at radius 1 is 1.38 bits per heavy atom. The Bertz CT molecular complexity index is 310. The van der Waals surface area contributed by atoms with Gasteiger partial charge >= 0.3 is 0 Å². The molecule has 0 amide bonds. The molecule has 0 saturated heterocycles. The summed E-state index contributed by atoms with van der Waals surface area (Å²) in [6, 6.07) is 3.55. The minimum Gasteiger partial charge on any atom is -0.204 e. The summed E-state index contributed by atoms with van der Waals surface area (Å²) in [5.74, 6) is 0.0718. The van der Waals surface area contributed by atoms with Crippen molar-refractivity contribution >= 4 is 23.4 Å². The Hall–Kier alpha value is -0.210. The molecular formula is C10H12ClFS. The summed E-state index contributed by atoms with van der Waals surface area (Å²) in [6.45, 7) is 4.13. The molecule has 72 valence electrons. The van der Waals surface area contributed by atoms with Crippen molar-refractivity contribution in [2.24, 2.45) is 0 Å². The van der Waals surface area contributed by atoms with Crippen LogP contribution in [0.3, 0.4) is 0 Å². The molecule has 0 aromatic heterocycles. The van der Waals surface area contributed by atoms with Crippen molar-refractivity contribution in [3.8, 4) is 0 Å². The molecule has 0 aliphatic rings. The first-order valence-corrected chi connectivity index (χ1v) is 5.69. The first-order chi connectivity index (χ1) is 6.06. The smallest absolute Gasteiger partial charge is 0.155 e. The van der Waals surface area contributed by atoms with Gasteiger partial charge in [-0.15, -0.1) is 11.8 Å². The van der Waals surface area contributed by atoms with Crippen LogP contribution in [0.4, 0.5) is 4.39 Å². The summed E-state index contributed by atoms with van der Waals surface area (Å²) in [4.78, 5) is 0.621. The molecular weight excluding hydrogens is 207 g/mol. The lowest BCUT2D eigenvalue weighted by atomic mass is 10.0. The van der Waals surface area contributed by atoms with E-state index in [0.717, 1.165) is 5.56 Å². The highest BCUT2D eigenvalue weighted by molar-refractivity contribution is 7.98. The van der Waals surface area contributed by atoms with E-state index in [1.165, 1.54) is 11.8 Å². The van der Waals surface area contributed by atoms with Crippen LogP contribution in [-0.4, -0.2) is 6.26 Å². The molecule has 1 aromatic rings. The first kappa shape index (κ1) is 10.9. The Kier molecular flexibility index (Phi) is 3.63. The van der Waals surface area contributed by atoms with Gasteiger partial charge in [0.1, 0.15) is 0 Å². The van der Waals surface area contributed by atoms with E-state index in [1.807, 2.05) is 12.3 Å². The summed E-state index contributed by atoms with van der Waals surface area (Å²) in [7, 11) is 0. The normalized spacial score (nSPS) is 10.9. The average Bonchev–Trinajstić information content (AvgIpc) is 2.09. The van der Waals surface area contributed by atoms with E-state index in [4.69, 9.17) is 11.6 Å². The summed E-state index contributed by atoms with van der Waals surface area (Å²) in [5, 5.41) is 0.218. The van der Waals surface area contributed by atoms with Gasteiger partial charge < -0.3 is 0 Å². The van der Waals surface area contributed by atoms with E-state index >= 15 is 0 Å². The molecule has 0 bridgehead atoms. The molecule has 3 heteroatoms. The maximum Gasteiger partial charge on any atom is 0.155 e. The lowest BCUT2D eigenvalue weighted by molar-refractivity contribution is 0.600. The highest BCUT2D eigenvalue weighted by Gasteiger charge is 2.09. The number of thioether (sulfide) groups is 1. The maximum atomic E-state index is 13.3. The summed E-state index contributed by atoms with van der Waals surface area (Å²) in [5.41, 5.74) is 1.08. The van der Waals surface area contributed by atoms with Crippen molar-refractivity contribution in [2.45, 2.75) is 24.7 Å². The third-order valence-electron chi connectivity index (χ3n) is 1.90. The van der Waals surface area contributed by atoms with Crippen LogP contribution in [0, 0.1) is 5.82 Å². The second-order valence-electron chi connectivity index (χ2n) is 3.17. The van der Waals surface area contributed by atoms with Gasteiger partial charge in [0.25, 0.3) is 0 Å². The number of hydrogen-bond acceptors (Lipinski definition) is 1. The fraction of sp³-hybridized carbons (Fsp3) is 0.400. The summed E-state index contributed by atoms with van der Waals surface area (Å²) >= 11 is 7.14. The van der Waals surface area contributed by atoms with Crippen molar-refractivity contribution in [3.05, 3.63) is 28.5 Å². The fourth-order valence-electron chi connectivity index (χ4n) is 1.07. The van der Waals surface area contributed by atoms with E-state index in [0.29, 0.717) is 10.8 Å². The molecule has 0 radical (unpaired) electrons. The molecule has 0 aliphatic carbocycles. The minimum atomic E-state index is -0.307. The largest absolute Gasteiger partial charge is 0.204 e. The quantitative estimate of drug-likeness (QED) is 0.666. The third-order valence-corrected chi connectivity index (χ3v) is 2.92. The van der Waals surface area contributed by atoms with Crippen molar-refractivity contribution in [3.63, 3.8) is 0 Å². The molecule has 0 nitrogen and oxygen atoms in total. The van der Waals surface area contributed by atoms with E-state index < -0.39 is 0 Å². The standard InChI is InChI=1S/C10H12ClFS/c1-6(2)7-4-8(11)10(12)9(5-7)13-3/h4-6H,1-3H3. The molecule has 1 aromatic carbocycles. The fourth-order valence-corrected chi connectivity index (χ4v) is 1.89. The maximum absolute atomic E-state index is 13.3.